The van der Waals surface area contributed by atoms with E-state index >= 15 is 0 Å². The van der Waals surface area contributed by atoms with Gasteiger partial charge in [-0.1, -0.05) is 25.3 Å². The Morgan fingerprint density at radius 3 is 2.67 bits per heavy atom. The number of hydrogen-bond acceptors (Lipinski definition) is 3. The van der Waals surface area contributed by atoms with Crippen LogP contribution in [-0.4, -0.2) is 31.3 Å². The van der Waals surface area contributed by atoms with Gasteiger partial charge in [-0.2, -0.15) is 0 Å². The van der Waals surface area contributed by atoms with Crippen LogP contribution < -0.4 is 10.2 Å². The lowest BCUT2D eigenvalue weighted by Crippen LogP contribution is -2.40. The molecule has 0 bridgehead atoms. The third-order valence-corrected chi connectivity index (χ3v) is 4.56. The van der Waals surface area contributed by atoms with Crippen LogP contribution in [0.1, 0.15) is 50.6 Å². The van der Waals surface area contributed by atoms with Crippen LogP contribution in [0.15, 0.2) is 18.2 Å². The van der Waals surface area contributed by atoms with Crippen molar-refractivity contribution in [1.82, 2.24) is 5.32 Å². The van der Waals surface area contributed by atoms with Crippen LogP contribution in [0.25, 0.3) is 0 Å². The summed E-state index contributed by atoms with van der Waals surface area (Å²) >= 11 is 0. The number of nitrogens with zero attached hydrogens (tertiary/aromatic N) is 1. The predicted molar refractivity (Wildman–Crippen MR) is 85.2 cm³/mol. The van der Waals surface area contributed by atoms with Gasteiger partial charge >= 0.3 is 0 Å². The van der Waals surface area contributed by atoms with E-state index in [1.165, 1.54) is 25.3 Å². The van der Waals surface area contributed by atoms with E-state index in [9.17, 15) is 9.50 Å². The molecule has 2 N–H and O–H groups in total. The van der Waals surface area contributed by atoms with Gasteiger partial charge in [0.1, 0.15) is 5.82 Å². The van der Waals surface area contributed by atoms with Gasteiger partial charge in [-0.05, 0) is 38.9 Å². The average molecular weight is 294 g/mol. The van der Waals surface area contributed by atoms with Crippen LogP contribution in [0.5, 0.6) is 0 Å². The highest BCUT2D eigenvalue weighted by Crippen LogP contribution is 2.33. The minimum Gasteiger partial charge on any atom is -0.395 e. The molecule has 1 aliphatic rings. The molecule has 3 nitrogen and oxygen atoms in total. The lowest BCUT2D eigenvalue weighted by atomic mass is 9.92. The van der Waals surface area contributed by atoms with Crippen molar-refractivity contribution in [1.29, 1.82) is 0 Å². The van der Waals surface area contributed by atoms with Gasteiger partial charge in [-0.25, -0.2) is 4.39 Å². The molecule has 0 saturated heterocycles. The monoisotopic (exact) mass is 294 g/mol. The van der Waals surface area contributed by atoms with Crippen LogP contribution in [0, 0.1) is 5.82 Å². The summed E-state index contributed by atoms with van der Waals surface area (Å²) in [7, 11) is 1.85. The Kier molecular flexibility index (Phi) is 6.00. The third-order valence-electron chi connectivity index (χ3n) is 4.56. The minimum atomic E-state index is -0.173. The lowest BCUT2D eigenvalue weighted by molar-refractivity contribution is 0.289. The van der Waals surface area contributed by atoms with Crippen LogP contribution in [0.3, 0.4) is 0 Å². The van der Waals surface area contributed by atoms with E-state index < -0.39 is 0 Å². The Balaban J connectivity index is 2.37. The molecule has 0 aromatic heterocycles. The van der Waals surface area contributed by atoms with Crippen molar-refractivity contribution >= 4 is 5.69 Å². The summed E-state index contributed by atoms with van der Waals surface area (Å²) < 4.78 is 14.3. The minimum absolute atomic E-state index is 0.0500. The molecule has 0 radical (unpaired) electrons. The number of aliphatic hydroxyl groups excluding tert-OH is 1. The third kappa shape index (κ3) is 3.74. The van der Waals surface area contributed by atoms with Crippen LogP contribution >= 0.6 is 0 Å². The Morgan fingerprint density at radius 2 is 2.05 bits per heavy atom. The molecule has 4 heteroatoms. The van der Waals surface area contributed by atoms with Gasteiger partial charge in [0.25, 0.3) is 0 Å². The summed E-state index contributed by atoms with van der Waals surface area (Å²) in [5.41, 5.74) is 1.64. The zero-order valence-electron chi connectivity index (χ0n) is 13.1. The Labute approximate surface area is 127 Å². The van der Waals surface area contributed by atoms with Gasteiger partial charge in [-0.3, -0.25) is 0 Å². The molecule has 118 valence electrons. The highest BCUT2D eigenvalue weighted by Gasteiger charge is 2.25. The first kappa shape index (κ1) is 16.2. The summed E-state index contributed by atoms with van der Waals surface area (Å²) in [6, 6.07) is 5.63. The summed E-state index contributed by atoms with van der Waals surface area (Å²) in [5.74, 6) is -0.173. The van der Waals surface area contributed by atoms with Crippen LogP contribution in [0.4, 0.5) is 10.1 Å². The van der Waals surface area contributed by atoms with E-state index in [0.717, 1.165) is 18.5 Å². The second-order valence-electron chi connectivity index (χ2n) is 5.89. The zero-order valence-corrected chi connectivity index (χ0v) is 13.1. The van der Waals surface area contributed by atoms with Crippen molar-refractivity contribution in [2.75, 3.05) is 25.1 Å². The van der Waals surface area contributed by atoms with E-state index in [4.69, 9.17) is 0 Å². The average Bonchev–Trinajstić information content (AvgIpc) is 2.52. The second kappa shape index (κ2) is 7.76. The number of anilines is 1. The molecule has 1 atom stereocenters. The molecule has 1 aromatic carbocycles. The first-order valence-electron chi connectivity index (χ1n) is 8.02. The van der Waals surface area contributed by atoms with Crippen molar-refractivity contribution < 1.29 is 9.50 Å². The molecule has 1 unspecified atom stereocenters. The Bertz CT molecular complexity index is 446. The van der Waals surface area contributed by atoms with Crippen LogP contribution in [0.2, 0.25) is 0 Å². The normalized spacial score (nSPS) is 17.7. The number of nitrogens with one attached hydrogen (secondary N) is 1. The fraction of sp³-hybridized carbons (Fsp3) is 0.647. The van der Waals surface area contributed by atoms with Crippen molar-refractivity contribution in [2.24, 2.45) is 0 Å². The first-order valence-corrected chi connectivity index (χ1v) is 8.02. The van der Waals surface area contributed by atoms with Gasteiger partial charge in [0.15, 0.2) is 0 Å². The van der Waals surface area contributed by atoms with Crippen molar-refractivity contribution in [3.8, 4) is 0 Å². The molecule has 2 rings (SSSR count). The highest BCUT2D eigenvalue weighted by atomic mass is 19.1. The molecule has 1 saturated carbocycles. The Hall–Kier alpha value is -1.13. The molecule has 1 aliphatic carbocycles. The quantitative estimate of drug-likeness (QED) is 0.845. The molecule has 0 spiro atoms. The van der Waals surface area contributed by atoms with Gasteiger partial charge < -0.3 is 15.3 Å². The summed E-state index contributed by atoms with van der Waals surface area (Å²) in [4.78, 5) is 2.21. The first-order chi connectivity index (χ1) is 10.2. The van der Waals surface area contributed by atoms with Crippen molar-refractivity contribution in [2.45, 2.75) is 51.1 Å². The van der Waals surface area contributed by atoms with Gasteiger partial charge in [0.2, 0.25) is 0 Å². The van der Waals surface area contributed by atoms with E-state index in [1.54, 1.807) is 6.07 Å². The molecular weight excluding hydrogens is 267 g/mol. The van der Waals surface area contributed by atoms with Gasteiger partial charge in [-0.15, -0.1) is 0 Å². The molecule has 1 fully saturated rings. The molecule has 0 heterocycles. The zero-order chi connectivity index (χ0) is 15.2. The smallest absolute Gasteiger partial charge is 0.130 e. The maximum atomic E-state index is 14.3. The van der Waals surface area contributed by atoms with Crippen molar-refractivity contribution in [3.05, 3.63) is 29.6 Å². The maximum Gasteiger partial charge on any atom is 0.130 e. The predicted octanol–water partition coefficient (Wildman–Crippen LogP) is 3.24. The summed E-state index contributed by atoms with van der Waals surface area (Å²) in [6.45, 7) is 2.64. The number of aliphatic hydroxyl groups is 1. The standard InChI is InChI=1S/C17H27FN2O/c1-13(19-2)17-15(18)9-6-10-16(17)20(11-12-21)14-7-4-3-5-8-14/h6,9-10,13-14,19,21H,3-5,7-8,11-12H2,1-2H3. The molecular formula is C17H27FN2O. The topological polar surface area (TPSA) is 35.5 Å². The van der Waals surface area contributed by atoms with E-state index in [0.29, 0.717) is 18.2 Å². The fourth-order valence-electron chi connectivity index (χ4n) is 3.35. The second-order valence-corrected chi connectivity index (χ2v) is 5.89. The number of rotatable bonds is 6. The molecule has 0 aliphatic heterocycles. The maximum absolute atomic E-state index is 14.3. The molecule has 0 amide bonds. The summed E-state index contributed by atoms with van der Waals surface area (Å²) in [5, 5.41) is 12.6. The summed E-state index contributed by atoms with van der Waals surface area (Å²) in [6.07, 6.45) is 5.98. The van der Waals surface area contributed by atoms with Gasteiger partial charge in [0, 0.05) is 29.9 Å². The van der Waals surface area contributed by atoms with E-state index in [-0.39, 0.29) is 18.5 Å². The molecule has 21 heavy (non-hydrogen) atoms. The van der Waals surface area contributed by atoms with Gasteiger partial charge in [0.05, 0.1) is 6.61 Å². The Morgan fingerprint density at radius 1 is 1.33 bits per heavy atom. The van der Waals surface area contributed by atoms with Crippen LogP contribution in [-0.2, 0) is 0 Å². The van der Waals surface area contributed by atoms with Crippen molar-refractivity contribution in [3.63, 3.8) is 0 Å². The van der Waals surface area contributed by atoms with E-state index in [1.807, 2.05) is 20.0 Å². The lowest BCUT2D eigenvalue weighted by Gasteiger charge is -2.37. The molecule has 1 aromatic rings. The fourth-order valence-corrected chi connectivity index (χ4v) is 3.35. The number of halogens is 1. The highest BCUT2D eigenvalue weighted by molar-refractivity contribution is 5.56. The van der Waals surface area contributed by atoms with E-state index in [2.05, 4.69) is 10.2 Å². The largest absolute Gasteiger partial charge is 0.395 e. The number of hydrogen-bond donors (Lipinski definition) is 2. The number of benzene rings is 1. The SMILES string of the molecule is CNC(C)c1c(F)cccc1N(CCO)C1CCCCC1.